The minimum absolute atomic E-state index is 0.0960. The lowest BCUT2D eigenvalue weighted by Gasteiger charge is -2.31. The average Bonchev–Trinajstić information content (AvgIpc) is 3.47. The van der Waals surface area contributed by atoms with Gasteiger partial charge < -0.3 is 9.47 Å². The third-order valence-corrected chi connectivity index (χ3v) is 6.51. The van der Waals surface area contributed by atoms with E-state index in [0.29, 0.717) is 24.0 Å². The van der Waals surface area contributed by atoms with Gasteiger partial charge in [0.25, 0.3) is 23.6 Å². The monoisotopic (exact) mass is 449 g/mol. The second-order valence-corrected chi connectivity index (χ2v) is 8.50. The second kappa shape index (κ2) is 7.02. The van der Waals surface area contributed by atoms with Gasteiger partial charge in [0.05, 0.1) is 26.4 Å². The van der Waals surface area contributed by atoms with Crippen LogP contribution in [0.25, 0.3) is 10.8 Å². The Hall–Kier alpha value is -3.47. The van der Waals surface area contributed by atoms with Crippen molar-refractivity contribution in [1.29, 1.82) is 0 Å². The molecule has 0 N–H and O–H groups in total. The number of benzene rings is 2. The molecule has 32 heavy (non-hydrogen) atoms. The summed E-state index contributed by atoms with van der Waals surface area (Å²) in [5, 5.41) is 2.64. The summed E-state index contributed by atoms with van der Waals surface area (Å²) in [4.78, 5) is 58.9. The molecule has 0 saturated carbocycles. The Kier molecular flexibility index (Phi) is 4.22. The third-order valence-electron chi connectivity index (χ3n) is 5.75. The van der Waals surface area contributed by atoms with Crippen LogP contribution in [0.1, 0.15) is 41.4 Å². The van der Waals surface area contributed by atoms with Crippen molar-refractivity contribution in [3.8, 4) is 0 Å². The Morgan fingerprint density at radius 2 is 1.50 bits per heavy atom. The van der Waals surface area contributed by atoms with Gasteiger partial charge in [-0.3, -0.25) is 24.1 Å². The number of thiazole rings is 1. The maximum Gasteiger partial charge on any atom is 0.267 e. The first kappa shape index (κ1) is 19.2. The fourth-order valence-corrected chi connectivity index (χ4v) is 4.80. The van der Waals surface area contributed by atoms with Gasteiger partial charge in [0.1, 0.15) is 6.10 Å². The average molecular weight is 449 g/mol. The van der Waals surface area contributed by atoms with Crippen molar-refractivity contribution in [3.05, 3.63) is 58.1 Å². The molecule has 3 aromatic rings. The fourth-order valence-electron chi connectivity index (χ4n) is 4.16. The predicted octanol–water partition coefficient (Wildman–Crippen LogP) is 2.11. The number of anilines is 1. The molecule has 0 spiro atoms. The van der Waals surface area contributed by atoms with Crippen molar-refractivity contribution in [2.45, 2.75) is 6.10 Å². The Bertz CT molecular complexity index is 1260. The summed E-state index contributed by atoms with van der Waals surface area (Å²) in [5.41, 5.74) is 1.09. The van der Waals surface area contributed by atoms with Gasteiger partial charge >= 0.3 is 0 Å². The Morgan fingerprint density at radius 3 is 2.00 bits per heavy atom. The molecule has 1 aromatic heterocycles. The molecule has 9 nitrogen and oxygen atoms in total. The lowest BCUT2D eigenvalue weighted by atomic mass is 9.86. The molecule has 1 fully saturated rings. The summed E-state index contributed by atoms with van der Waals surface area (Å²) >= 11 is 1.18. The zero-order chi connectivity index (χ0) is 22.0. The smallest absolute Gasteiger partial charge is 0.267 e. The highest BCUT2D eigenvalue weighted by atomic mass is 32.1. The molecule has 3 aliphatic rings. The van der Waals surface area contributed by atoms with Gasteiger partial charge in [-0.05, 0) is 24.3 Å². The van der Waals surface area contributed by atoms with E-state index in [4.69, 9.17) is 9.47 Å². The summed E-state index contributed by atoms with van der Waals surface area (Å²) in [6, 6.07) is 6.15. The quantitative estimate of drug-likeness (QED) is 0.322. The molecule has 4 heterocycles. The van der Waals surface area contributed by atoms with Crippen molar-refractivity contribution in [2.75, 3.05) is 31.3 Å². The zero-order valence-corrected chi connectivity index (χ0v) is 17.4. The second-order valence-electron chi connectivity index (χ2n) is 7.62. The van der Waals surface area contributed by atoms with Crippen LogP contribution in [-0.4, -0.2) is 66.0 Å². The van der Waals surface area contributed by atoms with Gasteiger partial charge in [-0.2, -0.15) is 0 Å². The molecule has 1 saturated heterocycles. The molecule has 160 valence electrons. The molecular weight excluding hydrogens is 434 g/mol. The number of imide groups is 2. The van der Waals surface area contributed by atoms with Crippen molar-refractivity contribution in [1.82, 2.24) is 9.88 Å². The molecule has 2 aromatic carbocycles. The predicted molar refractivity (Wildman–Crippen MR) is 113 cm³/mol. The van der Waals surface area contributed by atoms with E-state index >= 15 is 0 Å². The lowest BCUT2D eigenvalue weighted by Crippen LogP contribution is -2.44. The van der Waals surface area contributed by atoms with Crippen LogP contribution in [0.3, 0.4) is 0 Å². The van der Waals surface area contributed by atoms with Gasteiger partial charge in [0.15, 0.2) is 5.13 Å². The van der Waals surface area contributed by atoms with Crippen LogP contribution < -0.4 is 4.90 Å². The van der Waals surface area contributed by atoms with Gasteiger partial charge in [-0.1, -0.05) is 0 Å². The molecule has 4 amide bonds. The Labute approximate surface area is 185 Å². The highest BCUT2D eigenvalue weighted by Crippen LogP contribution is 2.39. The third kappa shape index (κ3) is 2.73. The number of hydrogen-bond acceptors (Lipinski definition) is 8. The van der Waals surface area contributed by atoms with Crippen molar-refractivity contribution < 1.29 is 28.7 Å². The van der Waals surface area contributed by atoms with Gasteiger partial charge in [-0.25, -0.2) is 9.88 Å². The highest BCUT2D eigenvalue weighted by Gasteiger charge is 2.40. The number of epoxide rings is 1. The summed E-state index contributed by atoms with van der Waals surface area (Å²) in [7, 11) is 0. The number of carbonyl (C=O) groups excluding carboxylic acids is 4. The molecule has 1 unspecified atom stereocenters. The van der Waals surface area contributed by atoms with Crippen LogP contribution in [0.15, 0.2) is 35.8 Å². The maximum atomic E-state index is 13.2. The largest absolute Gasteiger partial charge is 0.377 e. The van der Waals surface area contributed by atoms with Crippen LogP contribution >= 0.6 is 11.3 Å². The molecule has 0 radical (unpaired) electrons. The SMILES string of the molecule is O=C1c2ccc3c4c(ccc(c24)C(=O)N1CCOCC1CO1)C(=O)N(c1nccs1)C3=O. The minimum atomic E-state index is -0.529. The molecule has 0 bridgehead atoms. The van der Waals surface area contributed by atoms with Crippen LogP contribution in [0, 0.1) is 0 Å². The first-order chi connectivity index (χ1) is 15.6. The number of amides is 4. The molecular formula is C22H15N3O6S. The standard InChI is InChI=1S/C22H15N3O6S/c26-18-12-1-3-14-17-15(21(29)25(20(14)28)22-23-5-8-32-22)4-2-13(16(12)17)19(27)24(18)6-7-30-9-11-10-31-11/h1-5,8,11H,6-7,9-10H2. The van der Waals surface area contributed by atoms with E-state index in [2.05, 4.69) is 4.98 Å². The van der Waals surface area contributed by atoms with E-state index in [1.807, 2.05) is 0 Å². The first-order valence-electron chi connectivity index (χ1n) is 10.00. The van der Waals surface area contributed by atoms with Crippen molar-refractivity contribution in [3.63, 3.8) is 0 Å². The maximum absolute atomic E-state index is 13.2. The Balaban J connectivity index is 1.41. The Morgan fingerprint density at radius 1 is 0.938 bits per heavy atom. The number of ether oxygens (including phenoxy) is 2. The number of hydrogen-bond donors (Lipinski definition) is 0. The van der Waals surface area contributed by atoms with E-state index < -0.39 is 23.6 Å². The summed E-state index contributed by atoms with van der Waals surface area (Å²) in [5.74, 6) is -2.00. The molecule has 0 aliphatic carbocycles. The van der Waals surface area contributed by atoms with Gasteiger partial charge in [0.2, 0.25) is 0 Å². The van der Waals surface area contributed by atoms with Crippen LogP contribution in [0.2, 0.25) is 0 Å². The number of carbonyl (C=O) groups is 4. The minimum Gasteiger partial charge on any atom is -0.377 e. The van der Waals surface area contributed by atoms with Gasteiger partial charge in [-0.15, -0.1) is 11.3 Å². The lowest BCUT2D eigenvalue weighted by molar-refractivity contribution is 0.0507. The topological polar surface area (TPSA) is 109 Å². The fraction of sp³-hybridized carbons (Fsp3) is 0.227. The first-order valence-corrected chi connectivity index (χ1v) is 10.9. The van der Waals surface area contributed by atoms with Gasteiger partial charge in [0, 0.05) is 44.6 Å². The summed E-state index contributed by atoms with van der Waals surface area (Å²) < 4.78 is 10.6. The van der Waals surface area contributed by atoms with E-state index in [9.17, 15) is 19.2 Å². The molecule has 3 aliphatic heterocycles. The zero-order valence-electron chi connectivity index (χ0n) is 16.6. The van der Waals surface area contributed by atoms with Crippen LogP contribution in [0.5, 0.6) is 0 Å². The number of aromatic nitrogens is 1. The van der Waals surface area contributed by atoms with Crippen LogP contribution in [-0.2, 0) is 9.47 Å². The molecule has 10 heteroatoms. The van der Waals surface area contributed by atoms with E-state index in [0.717, 1.165) is 9.80 Å². The summed E-state index contributed by atoms with van der Waals surface area (Å²) in [6.07, 6.45) is 1.61. The number of nitrogens with zero attached hydrogens (tertiary/aromatic N) is 3. The van der Waals surface area contributed by atoms with E-state index in [-0.39, 0.29) is 46.6 Å². The number of rotatable bonds is 6. The van der Waals surface area contributed by atoms with E-state index in [1.165, 1.54) is 29.7 Å². The summed E-state index contributed by atoms with van der Waals surface area (Å²) in [6.45, 7) is 1.39. The highest BCUT2D eigenvalue weighted by molar-refractivity contribution is 7.14. The van der Waals surface area contributed by atoms with Crippen LogP contribution in [0.4, 0.5) is 5.13 Å². The van der Waals surface area contributed by atoms with Crippen molar-refractivity contribution >= 4 is 50.9 Å². The molecule has 6 rings (SSSR count). The normalized spacial score (nSPS) is 19.3. The molecule has 1 atom stereocenters. The van der Waals surface area contributed by atoms with Crippen molar-refractivity contribution in [2.24, 2.45) is 0 Å². The van der Waals surface area contributed by atoms with E-state index in [1.54, 1.807) is 17.5 Å².